The highest BCUT2D eigenvalue weighted by Crippen LogP contribution is 2.26. The molecule has 0 saturated heterocycles. The highest BCUT2D eigenvalue weighted by molar-refractivity contribution is 6.14. The van der Waals surface area contributed by atoms with Gasteiger partial charge in [-0.15, -0.1) is 0 Å². The standard InChI is InChI=1S/C20H19FN2O2/c1-11-7-12(2)19(13(3)8-11)22-20(25)17-10-23(14(4)24)18-9-15(21)5-6-16(17)18/h5-10H,1-4H3,(H,22,25). The van der Waals surface area contributed by atoms with Gasteiger partial charge in [-0.05, 0) is 50.1 Å². The summed E-state index contributed by atoms with van der Waals surface area (Å²) in [5.41, 5.74) is 4.53. The molecule has 0 bridgehead atoms. The van der Waals surface area contributed by atoms with E-state index in [-0.39, 0.29) is 11.8 Å². The average Bonchev–Trinajstić information content (AvgIpc) is 2.89. The molecule has 25 heavy (non-hydrogen) atoms. The van der Waals surface area contributed by atoms with Crippen LogP contribution in [0.2, 0.25) is 0 Å². The molecule has 2 aromatic carbocycles. The van der Waals surface area contributed by atoms with Crippen molar-refractivity contribution in [1.29, 1.82) is 0 Å². The lowest BCUT2D eigenvalue weighted by atomic mass is 10.0. The predicted molar refractivity (Wildman–Crippen MR) is 96.8 cm³/mol. The van der Waals surface area contributed by atoms with Gasteiger partial charge in [0.25, 0.3) is 5.91 Å². The first kappa shape index (κ1) is 16.9. The molecule has 4 nitrogen and oxygen atoms in total. The van der Waals surface area contributed by atoms with E-state index in [1.807, 2.05) is 32.9 Å². The van der Waals surface area contributed by atoms with Gasteiger partial charge in [-0.2, -0.15) is 0 Å². The second-order valence-corrected chi connectivity index (χ2v) is 6.32. The normalized spacial score (nSPS) is 10.9. The van der Waals surface area contributed by atoms with Gasteiger partial charge in [0.1, 0.15) is 5.82 Å². The minimum atomic E-state index is -0.453. The first-order chi connectivity index (χ1) is 11.8. The Morgan fingerprint density at radius 1 is 1.04 bits per heavy atom. The topological polar surface area (TPSA) is 51.1 Å². The number of amides is 1. The van der Waals surface area contributed by atoms with Crippen molar-refractivity contribution in [3.05, 3.63) is 64.6 Å². The fourth-order valence-corrected chi connectivity index (χ4v) is 3.20. The summed E-state index contributed by atoms with van der Waals surface area (Å²) in [6, 6.07) is 8.06. The second-order valence-electron chi connectivity index (χ2n) is 6.32. The third-order valence-electron chi connectivity index (χ3n) is 4.27. The van der Waals surface area contributed by atoms with Gasteiger partial charge in [-0.1, -0.05) is 17.7 Å². The summed E-state index contributed by atoms with van der Waals surface area (Å²) in [7, 11) is 0. The first-order valence-corrected chi connectivity index (χ1v) is 7.98. The summed E-state index contributed by atoms with van der Waals surface area (Å²) in [5, 5.41) is 3.46. The lowest BCUT2D eigenvalue weighted by molar-refractivity contribution is 0.0941. The van der Waals surface area contributed by atoms with Gasteiger partial charge in [-0.25, -0.2) is 4.39 Å². The van der Waals surface area contributed by atoms with Crippen molar-refractivity contribution in [1.82, 2.24) is 4.57 Å². The Morgan fingerprint density at radius 2 is 1.68 bits per heavy atom. The summed E-state index contributed by atoms with van der Waals surface area (Å²) >= 11 is 0. The maximum Gasteiger partial charge on any atom is 0.257 e. The molecule has 3 rings (SSSR count). The summed E-state index contributed by atoms with van der Waals surface area (Å²) in [4.78, 5) is 24.6. The van der Waals surface area contributed by atoms with Crippen LogP contribution in [-0.2, 0) is 0 Å². The average molecular weight is 338 g/mol. The van der Waals surface area contributed by atoms with E-state index in [1.54, 1.807) is 0 Å². The number of aromatic nitrogens is 1. The Balaban J connectivity index is 2.08. The minimum Gasteiger partial charge on any atom is -0.321 e. The molecule has 0 radical (unpaired) electrons. The number of nitrogens with zero attached hydrogens (tertiary/aromatic N) is 1. The number of fused-ring (bicyclic) bond motifs is 1. The number of halogens is 1. The molecule has 0 spiro atoms. The largest absolute Gasteiger partial charge is 0.321 e. The molecule has 0 aliphatic rings. The van der Waals surface area contributed by atoms with Crippen molar-refractivity contribution < 1.29 is 14.0 Å². The Hall–Kier alpha value is -2.95. The number of nitrogens with one attached hydrogen (secondary N) is 1. The van der Waals surface area contributed by atoms with Crippen LogP contribution in [0.15, 0.2) is 36.5 Å². The number of anilines is 1. The molecule has 0 unspecified atom stereocenters. The highest BCUT2D eigenvalue weighted by Gasteiger charge is 2.18. The molecule has 128 valence electrons. The van der Waals surface area contributed by atoms with Crippen LogP contribution < -0.4 is 5.32 Å². The Morgan fingerprint density at radius 3 is 2.28 bits per heavy atom. The Kier molecular flexibility index (Phi) is 4.17. The van der Waals surface area contributed by atoms with Gasteiger partial charge in [0.15, 0.2) is 0 Å². The lowest BCUT2D eigenvalue weighted by Crippen LogP contribution is -2.14. The molecule has 1 heterocycles. The molecule has 1 aromatic heterocycles. The van der Waals surface area contributed by atoms with Crippen molar-refractivity contribution >= 4 is 28.4 Å². The number of carbonyl (C=O) groups excluding carboxylic acids is 2. The fraction of sp³-hybridized carbons (Fsp3) is 0.200. The quantitative estimate of drug-likeness (QED) is 0.741. The summed E-state index contributed by atoms with van der Waals surface area (Å²) < 4.78 is 14.8. The van der Waals surface area contributed by atoms with E-state index in [2.05, 4.69) is 5.32 Å². The van der Waals surface area contributed by atoms with Crippen LogP contribution in [-0.4, -0.2) is 16.4 Å². The van der Waals surface area contributed by atoms with E-state index < -0.39 is 5.82 Å². The lowest BCUT2D eigenvalue weighted by Gasteiger charge is -2.12. The van der Waals surface area contributed by atoms with Crippen LogP contribution in [0.1, 0.15) is 38.8 Å². The minimum absolute atomic E-state index is 0.280. The molecular formula is C20H19FN2O2. The zero-order chi connectivity index (χ0) is 18.3. The van der Waals surface area contributed by atoms with Crippen LogP contribution in [0.25, 0.3) is 10.9 Å². The third kappa shape index (κ3) is 3.05. The number of aryl methyl sites for hydroxylation is 3. The van der Waals surface area contributed by atoms with Gasteiger partial charge in [0, 0.05) is 24.2 Å². The maximum absolute atomic E-state index is 13.6. The van der Waals surface area contributed by atoms with E-state index in [0.717, 1.165) is 22.4 Å². The van der Waals surface area contributed by atoms with Gasteiger partial charge < -0.3 is 5.32 Å². The SMILES string of the molecule is CC(=O)n1cc(C(=O)Nc2c(C)cc(C)cc2C)c2ccc(F)cc21. The fourth-order valence-electron chi connectivity index (χ4n) is 3.20. The Bertz CT molecular complexity index is 995. The van der Waals surface area contributed by atoms with E-state index in [4.69, 9.17) is 0 Å². The predicted octanol–water partition coefficient (Wildman–Crippen LogP) is 4.62. The van der Waals surface area contributed by atoms with E-state index in [0.29, 0.717) is 16.5 Å². The van der Waals surface area contributed by atoms with Crippen molar-refractivity contribution in [2.75, 3.05) is 5.32 Å². The van der Waals surface area contributed by atoms with Gasteiger partial charge >= 0.3 is 0 Å². The smallest absolute Gasteiger partial charge is 0.257 e. The van der Waals surface area contributed by atoms with Crippen LogP contribution in [0, 0.1) is 26.6 Å². The first-order valence-electron chi connectivity index (χ1n) is 7.98. The van der Waals surface area contributed by atoms with Crippen molar-refractivity contribution in [2.24, 2.45) is 0 Å². The molecule has 0 fully saturated rings. The van der Waals surface area contributed by atoms with Crippen molar-refractivity contribution in [2.45, 2.75) is 27.7 Å². The summed E-state index contributed by atoms with van der Waals surface area (Å²) in [5.74, 6) is -1.06. The van der Waals surface area contributed by atoms with Gasteiger partial charge in [-0.3, -0.25) is 14.2 Å². The molecular weight excluding hydrogens is 319 g/mol. The van der Waals surface area contributed by atoms with E-state index in [9.17, 15) is 14.0 Å². The molecule has 0 aliphatic heterocycles. The van der Waals surface area contributed by atoms with E-state index >= 15 is 0 Å². The number of rotatable bonds is 2. The zero-order valence-electron chi connectivity index (χ0n) is 14.6. The number of benzene rings is 2. The van der Waals surface area contributed by atoms with E-state index in [1.165, 1.54) is 35.9 Å². The molecule has 1 amide bonds. The molecule has 3 aromatic rings. The van der Waals surface area contributed by atoms with Crippen LogP contribution in [0.3, 0.4) is 0 Å². The Labute approximate surface area is 145 Å². The van der Waals surface area contributed by atoms with Crippen molar-refractivity contribution in [3.63, 3.8) is 0 Å². The molecule has 0 aliphatic carbocycles. The summed E-state index contributed by atoms with van der Waals surface area (Å²) in [6.07, 6.45) is 1.46. The van der Waals surface area contributed by atoms with Crippen LogP contribution >= 0.6 is 0 Å². The second kappa shape index (κ2) is 6.16. The van der Waals surface area contributed by atoms with Crippen LogP contribution in [0.4, 0.5) is 10.1 Å². The molecule has 5 heteroatoms. The highest BCUT2D eigenvalue weighted by atomic mass is 19.1. The van der Waals surface area contributed by atoms with Gasteiger partial charge in [0.05, 0.1) is 11.1 Å². The monoisotopic (exact) mass is 338 g/mol. The molecule has 0 atom stereocenters. The number of hydrogen-bond donors (Lipinski definition) is 1. The van der Waals surface area contributed by atoms with Crippen LogP contribution in [0.5, 0.6) is 0 Å². The zero-order valence-corrected chi connectivity index (χ0v) is 14.6. The third-order valence-corrected chi connectivity index (χ3v) is 4.27. The molecule has 1 N–H and O–H groups in total. The summed E-state index contributed by atoms with van der Waals surface area (Å²) in [6.45, 7) is 7.24. The number of carbonyl (C=O) groups is 2. The van der Waals surface area contributed by atoms with Crippen molar-refractivity contribution in [3.8, 4) is 0 Å². The molecule has 0 saturated carbocycles. The number of hydrogen-bond acceptors (Lipinski definition) is 2. The maximum atomic E-state index is 13.6. The van der Waals surface area contributed by atoms with Gasteiger partial charge in [0.2, 0.25) is 5.91 Å².